The second-order valence-electron chi connectivity index (χ2n) is 2.24. The standard InChI is InChI=1S/C8H12INO2/c1-3-5-7(9)10(6-4-2)8(11)12/h7H,3,5H2,1-2H3,(H,11,12). The molecule has 0 fully saturated rings. The molecule has 0 aromatic rings. The van der Waals surface area contributed by atoms with Crippen LogP contribution in [-0.2, 0) is 0 Å². The highest BCUT2D eigenvalue weighted by Gasteiger charge is 2.17. The van der Waals surface area contributed by atoms with Gasteiger partial charge in [-0.1, -0.05) is 41.9 Å². The van der Waals surface area contributed by atoms with Crippen molar-refractivity contribution < 1.29 is 9.90 Å². The topological polar surface area (TPSA) is 40.5 Å². The highest BCUT2D eigenvalue weighted by Crippen LogP contribution is 2.13. The third-order valence-corrected chi connectivity index (χ3v) is 2.43. The highest BCUT2D eigenvalue weighted by molar-refractivity contribution is 14.1. The molecule has 12 heavy (non-hydrogen) atoms. The lowest BCUT2D eigenvalue weighted by Crippen LogP contribution is -2.31. The molecule has 0 radical (unpaired) electrons. The van der Waals surface area contributed by atoms with Crippen LogP contribution >= 0.6 is 22.6 Å². The molecule has 1 amide bonds. The van der Waals surface area contributed by atoms with Crippen LogP contribution in [0.1, 0.15) is 26.7 Å². The number of rotatable bonds is 3. The van der Waals surface area contributed by atoms with Gasteiger partial charge in [0, 0.05) is 6.04 Å². The fraction of sp³-hybridized carbons (Fsp3) is 0.625. The van der Waals surface area contributed by atoms with Crippen molar-refractivity contribution in [2.75, 3.05) is 0 Å². The summed E-state index contributed by atoms with van der Waals surface area (Å²) in [6, 6.07) is 2.54. The molecule has 1 atom stereocenters. The molecule has 68 valence electrons. The Morgan fingerprint density at radius 2 is 2.33 bits per heavy atom. The number of alkyl halides is 1. The lowest BCUT2D eigenvalue weighted by molar-refractivity contribution is 0.163. The van der Waals surface area contributed by atoms with E-state index < -0.39 is 6.09 Å². The molecule has 0 bridgehead atoms. The molecular formula is C8H12INO2. The highest BCUT2D eigenvalue weighted by atomic mass is 127. The van der Waals surface area contributed by atoms with Crippen molar-refractivity contribution >= 4 is 28.7 Å². The van der Waals surface area contributed by atoms with Gasteiger partial charge in [0.05, 0.1) is 4.05 Å². The minimum absolute atomic E-state index is 0.0439. The van der Waals surface area contributed by atoms with Crippen LogP contribution in [0.4, 0.5) is 4.79 Å². The molecule has 0 saturated carbocycles. The van der Waals surface area contributed by atoms with E-state index in [0.717, 1.165) is 17.7 Å². The van der Waals surface area contributed by atoms with Gasteiger partial charge in [-0.25, -0.2) is 9.69 Å². The number of carbonyl (C=O) groups is 1. The molecule has 1 unspecified atom stereocenters. The quantitative estimate of drug-likeness (QED) is 0.284. The molecule has 0 aliphatic carbocycles. The van der Waals surface area contributed by atoms with Gasteiger partial charge in [-0.3, -0.25) is 0 Å². The SMILES string of the molecule is CC#CN(C(=O)O)C(I)CCC. The Hall–Kier alpha value is -0.440. The first-order valence-corrected chi connectivity index (χ1v) is 4.96. The van der Waals surface area contributed by atoms with Gasteiger partial charge >= 0.3 is 6.09 Å². The molecule has 0 spiro atoms. The Bertz CT molecular complexity index is 207. The smallest absolute Gasteiger partial charge is 0.420 e. The van der Waals surface area contributed by atoms with E-state index in [9.17, 15) is 4.79 Å². The third kappa shape index (κ3) is 3.81. The van der Waals surface area contributed by atoms with Crippen LogP contribution in [0.15, 0.2) is 0 Å². The molecule has 4 heteroatoms. The summed E-state index contributed by atoms with van der Waals surface area (Å²) >= 11 is 2.08. The van der Waals surface area contributed by atoms with E-state index in [0.29, 0.717) is 0 Å². The average Bonchev–Trinajstić information content (AvgIpc) is 1.99. The Morgan fingerprint density at radius 3 is 2.67 bits per heavy atom. The monoisotopic (exact) mass is 281 g/mol. The fourth-order valence-electron chi connectivity index (χ4n) is 0.725. The lowest BCUT2D eigenvalue weighted by Gasteiger charge is -2.17. The molecule has 0 aromatic carbocycles. The average molecular weight is 281 g/mol. The van der Waals surface area contributed by atoms with Gasteiger partial charge in [0.25, 0.3) is 0 Å². The molecular weight excluding hydrogens is 269 g/mol. The molecule has 0 aromatic heterocycles. The second-order valence-corrected chi connectivity index (χ2v) is 3.68. The van der Waals surface area contributed by atoms with Gasteiger partial charge in [0.15, 0.2) is 0 Å². The first-order valence-electron chi connectivity index (χ1n) is 3.72. The Kier molecular flexibility index (Phi) is 5.89. The summed E-state index contributed by atoms with van der Waals surface area (Å²) in [7, 11) is 0. The predicted octanol–water partition coefficient (Wildman–Crippen LogP) is 2.51. The minimum Gasteiger partial charge on any atom is -0.464 e. The van der Waals surface area contributed by atoms with Crippen LogP contribution in [0.3, 0.4) is 0 Å². The van der Waals surface area contributed by atoms with Crippen LogP contribution < -0.4 is 0 Å². The number of hydrogen-bond acceptors (Lipinski definition) is 1. The number of amides is 1. The van der Waals surface area contributed by atoms with E-state index in [1.165, 1.54) is 0 Å². The fourth-order valence-corrected chi connectivity index (χ4v) is 1.73. The molecule has 0 saturated heterocycles. The van der Waals surface area contributed by atoms with Crippen LogP contribution in [0.2, 0.25) is 0 Å². The number of carboxylic acid groups (broad SMARTS) is 1. The van der Waals surface area contributed by atoms with Gasteiger partial charge < -0.3 is 5.11 Å². The first-order chi connectivity index (χ1) is 5.63. The van der Waals surface area contributed by atoms with Gasteiger partial charge in [0.2, 0.25) is 0 Å². The maximum atomic E-state index is 10.6. The molecule has 0 heterocycles. The van der Waals surface area contributed by atoms with Crippen LogP contribution in [0.5, 0.6) is 0 Å². The second kappa shape index (κ2) is 6.12. The summed E-state index contributed by atoms with van der Waals surface area (Å²) in [5.41, 5.74) is 0. The number of nitrogens with zero attached hydrogens (tertiary/aromatic N) is 1. The molecule has 0 rings (SSSR count). The summed E-state index contributed by atoms with van der Waals surface area (Å²) in [6.07, 6.45) is 0.821. The summed E-state index contributed by atoms with van der Waals surface area (Å²) in [5, 5.41) is 8.72. The van der Waals surface area contributed by atoms with E-state index in [4.69, 9.17) is 5.11 Å². The largest absolute Gasteiger partial charge is 0.464 e. The maximum Gasteiger partial charge on any atom is 0.420 e. The van der Waals surface area contributed by atoms with Crippen molar-refractivity contribution in [1.29, 1.82) is 0 Å². The van der Waals surface area contributed by atoms with Gasteiger partial charge in [-0.15, -0.1) is 0 Å². The Morgan fingerprint density at radius 1 is 1.75 bits per heavy atom. The van der Waals surface area contributed by atoms with Crippen molar-refractivity contribution in [3.8, 4) is 12.0 Å². The first kappa shape index (κ1) is 11.6. The van der Waals surface area contributed by atoms with Gasteiger partial charge in [0.1, 0.15) is 0 Å². The molecule has 0 aliphatic rings. The zero-order chi connectivity index (χ0) is 9.56. The van der Waals surface area contributed by atoms with Crippen molar-refractivity contribution in [3.63, 3.8) is 0 Å². The molecule has 1 N–H and O–H groups in total. The molecule has 3 nitrogen and oxygen atoms in total. The van der Waals surface area contributed by atoms with Crippen molar-refractivity contribution in [3.05, 3.63) is 0 Å². The predicted molar refractivity (Wildman–Crippen MR) is 56.0 cm³/mol. The Labute approximate surface area is 86.3 Å². The van der Waals surface area contributed by atoms with E-state index in [1.807, 2.05) is 6.92 Å². The van der Waals surface area contributed by atoms with Gasteiger partial charge in [-0.05, 0) is 13.3 Å². The zero-order valence-corrected chi connectivity index (χ0v) is 9.33. The Balaban J connectivity index is 4.25. The maximum absolute atomic E-state index is 10.6. The summed E-state index contributed by atoms with van der Waals surface area (Å²) in [6.45, 7) is 3.65. The molecule has 0 aliphatic heterocycles. The normalized spacial score (nSPS) is 11.2. The van der Waals surface area contributed by atoms with E-state index in [-0.39, 0.29) is 4.05 Å². The van der Waals surface area contributed by atoms with Crippen LogP contribution in [0.25, 0.3) is 0 Å². The number of hydrogen-bond donors (Lipinski definition) is 1. The van der Waals surface area contributed by atoms with Crippen molar-refractivity contribution in [2.24, 2.45) is 0 Å². The summed E-state index contributed by atoms with van der Waals surface area (Å²) < 4.78 is -0.0439. The van der Waals surface area contributed by atoms with Crippen molar-refractivity contribution in [1.82, 2.24) is 4.90 Å². The lowest BCUT2D eigenvalue weighted by atomic mass is 10.3. The van der Waals surface area contributed by atoms with Gasteiger partial charge in [-0.2, -0.15) is 0 Å². The minimum atomic E-state index is -0.975. The van der Waals surface area contributed by atoms with Crippen LogP contribution in [0, 0.1) is 12.0 Å². The van der Waals surface area contributed by atoms with Crippen LogP contribution in [-0.4, -0.2) is 20.1 Å². The van der Waals surface area contributed by atoms with E-state index in [1.54, 1.807) is 6.92 Å². The third-order valence-electron chi connectivity index (χ3n) is 1.25. The van der Waals surface area contributed by atoms with E-state index >= 15 is 0 Å². The van der Waals surface area contributed by atoms with Crippen molar-refractivity contribution in [2.45, 2.75) is 30.7 Å². The number of halogens is 1. The summed E-state index contributed by atoms with van der Waals surface area (Å²) in [5.74, 6) is 2.58. The van der Waals surface area contributed by atoms with E-state index in [2.05, 4.69) is 34.6 Å². The zero-order valence-electron chi connectivity index (χ0n) is 7.17. The summed E-state index contributed by atoms with van der Waals surface area (Å²) in [4.78, 5) is 11.8.